The van der Waals surface area contributed by atoms with Crippen molar-refractivity contribution >= 4 is 28.8 Å². The number of aromatic amines is 1. The third-order valence-corrected chi connectivity index (χ3v) is 7.84. The number of amides is 1. The van der Waals surface area contributed by atoms with Gasteiger partial charge in [-0.2, -0.15) is 4.98 Å². The molecule has 0 bridgehead atoms. The number of imidazole rings is 1. The minimum absolute atomic E-state index is 0.0163. The zero-order valence-electron chi connectivity index (χ0n) is 24.5. The van der Waals surface area contributed by atoms with Gasteiger partial charge in [0.2, 0.25) is 11.9 Å². The van der Waals surface area contributed by atoms with Crippen LogP contribution in [0.3, 0.4) is 0 Å². The average Bonchev–Trinajstić information content (AvgIpc) is 3.51. The summed E-state index contributed by atoms with van der Waals surface area (Å²) in [6.45, 7) is 7.83. The molecule has 2 unspecified atom stereocenters. The number of aliphatic hydroxyl groups is 1. The van der Waals surface area contributed by atoms with E-state index < -0.39 is 53.9 Å². The van der Waals surface area contributed by atoms with Crippen LogP contribution in [-0.4, -0.2) is 86.5 Å². The number of hydrogen-bond donors (Lipinski definition) is 3. The first-order valence-corrected chi connectivity index (χ1v) is 14.8. The first-order valence-electron chi connectivity index (χ1n) is 14.8. The Hall–Kier alpha value is -2.75. The van der Waals surface area contributed by atoms with E-state index in [2.05, 4.69) is 20.3 Å². The lowest BCUT2D eigenvalue weighted by molar-refractivity contribution is -0.233. The number of Topliss-reactive ketones (excluding diaryl/α,β-unsaturated/α-hetero) is 1. The number of nitrogens with zero attached hydrogens (tertiary/aromatic N) is 3. The number of ether oxygens (including phenoxy) is 5. The molecule has 3 fully saturated rings. The van der Waals surface area contributed by atoms with Gasteiger partial charge >= 0.3 is 0 Å². The standard InChI is InChI=1S/C28H41N5O9/c1-15(2)21(34)28(37)22(42-19-10-6-8-12-39-19)17(13-40-18-9-5-7-11-38-18)41-26(28)33-14-29-20-23(33)30-27(32-25(20)36)31-24(35)16(3)4/h14-19,22,26,37H,5-13H2,1-4H3,(H2,30,31,32,35,36)/t17-,18?,19?,22-,26-,28+/m1/s1. The van der Waals surface area contributed by atoms with E-state index in [-0.39, 0.29) is 35.5 Å². The van der Waals surface area contributed by atoms with Gasteiger partial charge in [-0.15, -0.1) is 0 Å². The molecule has 3 aliphatic heterocycles. The van der Waals surface area contributed by atoms with Crippen LogP contribution >= 0.6 is 0 Å². The van der Waals surface area contributed by atoms with Gasteiger partial charge < -0.3 is 28.8 Å². The molecule has 0 spiro atoms. The van der Waals surface area contributed by atoms with Crippen molar-refractivity contribution in [1.29, 1.82) is 0 Å². The Morgan fingerprint density at radius 1 is 1.12 bits per heavy atom. The summed E-state index contributed by atoms with van der Waals surface area (Å²) in [6.07, 6.45) is 1.72. The summed E-state index contributed by atoms with van der Waals surface area (Å²) >= 11 is 0. The Bertz CT molecular complexity index is 1310. The summed E-state index contributed by atoms with van der Waals surface area (Å²) < 4.78 is 31.7. The lowest BCUT2D eigenvalue weighted by Crippen LogP contribution is -2.57. The third kappa shape index (κ3) is 6.15. The molecule has 3 aliphatic rings. The van der Waals surface area contributed by atoms with Gasteiger partial charge in [0.15, 0.2) is 41.4 Å². The maximum Gasteiger partial charge on any atom is 0.280 e. The molecule has 1 amide bonds. The SMILES string of the molecule is CC(C)C(=O)Nc1nc2c(ncn2[C@@H]2O[C@H](COC3CCCCO3)[C@@H](OC3CCCCO3)[C@@]2(O)C(=O)C(C)C)c(=O)[nH]1. The zero-order chi connectivity index (χ0) is 30.0. The van der Waals surface area contributed by atoms with Crippen LogP contribution in [0.4, 0.5) is 5.95 Å². The fraction of sp³-hybridized carbons (Fsp3) is 0.750. The van der Waals surface area contributed by atoms with Crippen LogP contribution in [0.15, 0.2) is 11.1 Å². The molecule has 3 saturated heterocycles. The number of aromatic nitrogens is 4. The molecule has 5 rings (SSSR count). The van der Waals surface area contributed by atoms with E-state index in [4.69, 9.17) is 23.7 Å². The van der Waals surface area contributed by atoms with Gasteiger partial charge in [0.1, 0.15) is 12.2 Å². The van der Waals surface area contributed by atoms with Crippen LogP contribution in [-0.2, 0) is 33.3 Å². The van der Waals surface area contributed by atoms with Gasteiger partial charge in [-0.1, -0.05) is 27.7 Å². The van der Waals surface area contributed by atoms with E-state index in [1.807, 2.05) is 0 Å². The molecular formula is C28H41N5O9. The largest absolute Gasteiger partial charge is 0.375 e. The Labute approximate surface area is 243 Å². The third-order valence-electron chi connectivity index (χ3n) is 7.84. The second-order valence-corrected chi connectivity index (χ2v) is 11.7. The maximum atomic E-state index is 13.9. The van der Waals surface area contributed by atoms with Gasteiger partial charge in [0.05, 0.1) is 12.9 Å². The predicted molar refractivity (Wildman–Crippen MR) is 148 cm³/mol. The lowest BCUT2D eigenvalue weighted by Gasteiger charge is -2.36. The summed E-state index contributed by atoms with van der Waals surface area (Å²) in [4.78, 5) is 50.2. The van der Waals surface area contributed by atoms with Gasteiger partial charge in [-0.25, -0.2) is 4.98 Å². The fourth-order valence-electron chi connectivity index (χ4n) is 5.53. The predicted octanol–water partition coefficient (Wildman–Crippen LogP) is 2.02. The molecule has 14 heteroatoms. The van der Waals surface area contributed by atoms with Crippen molar-refractivity contribution in [3.8, 4) is 0 Å². The molecular weight excluding hydrogens is 550 g/mol. The minimum atomic E-state index is -2.23. The molecule has 2 aromatic heterocycles. The molecule has 2 aromatic rings. The molecule has 0 saturated carbocycles. The van der Waals surface area contributed by atoms with Crippen molar-refractivity contribution in [2.24, 2.45) is 11.8 Å². The quantitative estimate of drug-likeness (QED) is 0.368. The van der Waals surface area contributed by atoms with Gasteiger partial charge in [0, 0.05) is 25.0 Å². The summed E-state index contributed by atoms with van der Waals surface area (Å²) in [5, 5.41) is 15.0. The Morgan fingerprint density at radius 3 is 2.43 bits per heavy atom. The number of hydrogen-bond acceptors (Lipinski definition) is 11. The molecule has 42 heavy (non-hydrogen) atoms. The van der Waals surface area contributed by atoms with E-state index in [0.717, 1.165) is 25.7 Å². The van der Waals surface area contributed by atoms with Crippen LogP contribution in [0.25, 0.3) is 11.2 Å². The van der Waals surface area contributed by atoms with Gasteiger partial charge in [-0.3, -0.25) is 29.3 Å². The topological polar surface area (TPSA) is 176 Å². The number of carbonyl (C=O) groups is 2. The second-order valence-electron chi connectivity index (χ2n) is 11.7. The van der Waals surface area contributed by atoms with E-state index in [0.29, 0.717) is 26.1 Å². The number of rotatable bonds is 10. The van der Waals surface area contributed by atoms with Crippen molar-refractivity contribution in [2.75, 3.05) is 25.1 Å². The smallest absolute Gasteiger partial charge is 0.280 e. The average molecular weight is 592 g/mol. The van der Waals surface area contributed by atoms with Crippen molar-refractivity contribution in [3.63, 3.8) is 0 Å². The molecule has 6 atom stereocenters. The highest BCUT2D eigenvalue weighted by Gasteiger charge is 2.63. The van der Waals surface area contributed by atoms with E-state index in [1.165, 1.54) is 10.9 Å². The van der Waals surface area contributed by atoms with Crippen molar-refractivity contribution in [1.82, 2.24) is 19.5 Å². The number of ketones is 1. The first kappa shape index (κ1) is 30.7. The zero-order valence-corrected chi connectivity index (χ0v) is 24.5. The summed E-state index contributed by atoms with van der Waals surface area (Å²) in [5.74, 6) is -1.94. The molecule has 5 heterocycles. The number of carbonyl (C=O) groups excluding carboxylic acids is 2. The Morgan fingerprint density at radius 2 is 1.81 bits per heavy atom. The normalized spacial score (nSPS) is 30.3. The Kier molecular flexibility index (Phi) is 9.40. The van der Waals surface area contributed by atoms with Crippen LogP contribution in [0.5, 0.6) is 0 Å². The highest BCUT2D eigenvalue weighted by molar-refractivity contribution is 5.91. The minimum Gasteiger partial charge on any atom is -0.375 e. The molecule has 0 radical (unpaired) electrons. The summed E-state index contributed by atoms with van der Waals surface area (Å²) in [7, 11) is 0. The Balaban J connectivity index is 1.55. The molecule has 3 N–H and O–H groups in total. The lowest BCUT2D eigenvalue weighted by atomic mass is 9.83. The highest BCUT2D eigenvalue weighted by Crippen LogP contribution is 2.44. The molecule has 232 valence electrons. The van der Waals surface area contributed by atoms with Crippen LogP contribution in [0, 0.1) is 11.8 Å². The first-order chi connectivity index (χ1) is 20.1. The number of nitrogens with one attached hydrogen (secondary N) is 2. The molecule has 0 aromatic carbocycles. The monoisotopic (exact) mass is 591 g/mol. The fourth-order valence-corrected chi connectivity index (χ4v) is 5.53. The summed E-state index contributed by atoms with van der Waals surface area (Å²) in [5.41, 5.74) is -2.87. The number of fused-ring (bicyclic) bond motifs is 1. The molecule has 0 aliphatic carbocycles. The molecule has 14 nitrogen and oxygen atoms in total. The maximum absolute atomic E-state index is 13.9. The summed E-state index contributed by atoms with van der Waals surface area (Å²) in [6, 6.07) is 0. The van der Waals surface area contributed by atoms with Gasteiger partial charge in [-0.05, 0) is 38.5 Å². The number of anilines is 1. The van der Waals surface area contributed by atoms with E-state index >= 15 is 0 Å². The van der Waals surface area contributed by atoms with Crippen LogP contribution in [0.1, 0.15) is 72.4 Å². The van der Waals surface area contributed by atoms with Crippen LogP contribution < -0.4 is 10.9 Å². The van der Waals surface area contributed by atoms with Gasteiger partial charge in [0.25, 0.3) is 5.56 Å². The second kappa shape index (κ2) is 12.9. The highest BCUT2D eigenvalue weighted by atomic mass is 16.7. The number of H-pyrrole nitrogens is 1. The van der Waals surface area contributed by atoms with E-state index in [1.54, 1.807) is 27.7 Å². The van der Waals surface area contributed by atoms with Crippen molar-refractivity contribution in [3.05, 3.63) is 16.7 Å². The van der Waals surface area contributed by atoms with E-state index in [9.17, 15) is 19.5 Å². The van der Waals surface area contributed by atoms with Crippen LogP contribution in [0.2, 0.25) is 0 Å². The van der Waals surface area contributed by atoms with Crippen molar-refractivity contribution in [2.45, 2.75) is 103 Å². The van der Waals surface area contributed by atoms with Crippen molar-refractivity contribution < 1.29 is 38.4 Å².